The molecule has 196 valence electrons. The first-order valence-electron chi connectivity index (χ1n) is 11.9. The van der Waals surface area contributed by atoms with Crippen LogP contribution < -0.4 is 0 Å². The lowest BCUT2D eigenvalue weighted by Crippen LogP contribution is -2.81. The quantitative estimate of drug-likeness (QED) is 0.480. The Bertz CT molecular complexity index is 1210. The van der Waals surface area contributed by atoms with E-state index in [0.717, 1.165) is 12.1 Å². The molecule has 37 heavy (non-hydrogen) atoms. The fourth-order valence-electron chi connectivity index (χ4n) is 5.55. The van der Waals surface area contributed by atoms with E-state index in [1.807, 2.05) is 4.90 Å². The van der Waals surface area contributed by atoms with Crippen LogP contribution in [0.2, 0.25) is 0 Å². The zero-order valence-electron chi connectivity index (χ0n) is 20.1. The van der Waals surface area contributed by atoms with Gasteiger partial charge in [-0.25, -0.2) is 4.79 Å². The third kappa shape index (κ3) is 4.51. The third-order valence-electron chi connectivity index (χ3n) is 7.40. The molecule has 3 saturated heterocycles. The van der Waals surface area contributed by atoms with Gasteiger partial charge < -0.3 is 9.84 Å². The third-order valence-corrected chi connectivity index (χ3v) is 7.40. The number of benzene rings is 2. The Morgan fingerprint density at radius 3 is 2.22 bits per heavy atom. The van der Waals surface area contributed by atoms with E-state index in [2.05, 4.69) is 0 Å². The molecule has 2 aromatic carbocycles. The van der Waals surface area contributed by atoms with Crippen molar-refractivity contribution in [3.05, 3.63) is 70.8 Å². The van der Waals surface area contributed by atoms with Gasteiger partial charge in [-0.1, -0.05) is 24.3 Å². The summed E-state index contributed by atoms with van der Waals surface area (Å²) in [5.74, 6) is -1.22. The van der Waals surface area contributed by atoms with Crippen LogP contribution >= 0.6 is 0 Å². The number of ether oxygens (including phenoxy) is 1. The van der Waals surface area contributed by atoms with Gasteiger partial charge in [0.05, 0.1) is 36.9 Å². The second kappa shape index (κ2) is 9.23. The SMILES string of the molecule is COC(=O)c1ccc(CN2C(=O)C3CC(O)CN3C3(CN(Cc4ccc(C(F)(F)F)cc4)C3)C2=O)cc1. The molecule has 3 heterocycles. The first-order valence-corrected chi connectivity index (χ1v) is 11.9. The van der Waals surface area contributed by atoms with E-state index >= 15 is 0 Å². The number of aliphatic hydroxyl groups excluding tert-OH is 1. The number of imide groups is 1. The van der Waals surface area contributed by atoms with E-state index in [-0.39, 0.29) is 31.3 Å². The van der Waals surface area contributed by atoms with Crippen molar-refractivity contribution in [2.75, 3.05) is 26.7 Å². The Morgan fingerprint density at radius 1 is 1.03 bits per heavy atom. The van der Waals surface area contributed by atoms with E-state index < -0.39 is 35.4 Å². The van der Waals surface area contributed by atoms with Crippen LogP contribution in [0.25, 0.3) is 0 Å². The van der Waals surface area contributed by atoms with Crippen LogP contribution in [0.1, 0.15) is 33.5 Å². The Balaban J connectivity index is 1.33. The predicted octanol–water partition coefficient (Wildman–Crippen LogP) is 2.05. The van der Waals surface area contributed by atoms with Crippen LogP contribution in [0.3, 0.4) is 0 Å². The van der Waals surface area contributed by atoms with Crippen LogP contribution in [-0.4, -0.2) is 82.0 Å². The summed E-state index contributed by atoms with van der Waals surface area (Å²) < 4.78 is 43.3. The predicted molar refractivity (Wildman–Crippen MR) is 124 cm³/mol. The number of piperazine rings is 1. The number of fused-ring (bicyclic) bond motifs is 2. The zero-order valence-corrected chi connectivity index (χ0v) is 20.1. The first kappa shape index (κ1) is 25.4. The number of likely N-dealkylation sites (tertiary alicyclic amines) is 1. The Hall–Kier alpha value is -3.28. The molecule has 11 heteroatoms. The largest absolute Gasteiger partial charge is 0.465 e. The molecule has 8 nitrogen and oxygen atoms in total. The van der Waals surface area contributed by atoms with Gasteiger partial charge in [0.1, 0.15) is 5.54 Å². The van der Waals surface area contributed by atoms with Crippen molar-refractivity contribution in [3.8, 4) is 0 Å². The fourth-order valence-corrected chi connectivity index (χ4v) is 5.55. The van der Waals surface area contributed by atoms with Crippen molar-refractivity contribution in [2.24, 2.45) is 0 Å². The monoisotopic (exact) mass is 517 g/mol. The van der Waals surface area contributed by atoms with Crippen LogP contribution in [0.4, 0.5) is 13.2 Å². The average Bonchev–Trinajstić information content (AvgIpc) is 3.24. The van der Waals surface area contributed by atoms with Gasteiger partial charge in [-0.3, -0.25) is 24.3 Å². The lowest BCUT2D eigenvalue weighted by molar-refractivity contribution is -0.181. The molecular formula is C26H26F3N3O5. The number of carbonyl (C=O) groups excluding carboxylic acids is 3. The molecule has 2 unspecified atom stereocenters. The zero-order chi connectivity index (χ0) is 26.5. The van der Waals surface area contributed by atoms with E-state index in [4.69, 9.17) is 4.74 Å². The minimum atomic E-state index is -4.41. The number of esters is 1. The van der Waals surface area contributed by atoms with E-state index in [9.17, 15) is 32.7 Å². The number of halogens is 3. The lowest BCUT2D eigenvalue weighted by Gasteiger charge is -2.58. The number of rotatable bonds is 5. The number of aliphatic hydroxyl groups is 1. The van der Waals surface area contributed by atoms with Gasteiger partial charge in [-0.2, -0.15) is 13.2 Å². The summed E-state index contributed by atoms with van der Waals surface area (Å²) in [6.07, 6.45) is -4.92. The van der Waals surface area contributed by atoms with Crippen molar-refractivity contribution in [1.29, 1.82) is 0 Å². The molecule has 0 aliphatic carbocycles. The van der Waals surface area contributed by atoms with Crippen LogP contribution in [0.5, 0.6) is 0 Å². The molecule has 2 amide bonds. The molecule has 0 aromatic heterocycles. The molecule has 3 aliphatic rings. The minimum absolute atomic E-state index is 0.0280. The number of methoxy groups -OCH3 is 1. The summed E-state index contributed by atoms with van der Waals surface area (Å²) in [6, 6.07) is 10.7. The highest BCUT2D eigenvalue weighted by Crippen LogP contribution is 2.41. The topological polar surface area (TPSA) is 90.4 Å². The van der Waals surface area contributed by atoms with Gasteiger partial charge in [0, 0.05) is 26.2 Å². The van der Waals surface area contributed by atoms with Crippen molar-refractivity contribution >= 4 is 17.8 Å². The Labute approximate surface area is 211 Å². The molecule has 0 saturated carbocycles. The van der Waals surface area contributed by atoms with Crippen LogP contribution in [0.15, 0.2) is 48.5 Å². The number of nitrogens with zero attached hydrogens (tertiary/aromatic N) is 3. The van der Waals surface area contributed by atoms with Gasteiger partial charge >= 0.3 is 12.1 Å². The molecule has 5 rings (SSSR count). The van der Waals surface area contributed by atoms with Crippen LogP contribution in [-0.2, 0) is 33.6 Å². The smallest absolute Gasteiger partial charge is 0.416 e. The van der Waals surface area contributed by atoms with E-state index in [1.54, 1.807) is 29.2 Å². The van der Waals surface area contributed by atoms with Gasteiger partial charge in [0.2, 0.25) is 5.91 Å². The maximum atomic E-state index is 13.7. The minimum Gasteiger partial charge on any atom is -0.465 e. The molecule has 1 N–H and O–H groups in total. The van der Waals surface area contributed by atoms with Crippen molar-refractivity contribution in [1.82, 2.24) is 14.7 Å². The first-order chi connectivity index (χ1) is 17.5. The standard InChI is InChI=1S/C26H26F3N3O5/c1-37-23(35)18-6-2-17(3-7-18)12-31-22(34)21-10-20(33)13-32(21)25(24(31)36)14-30(15-25)11-16-4-8-19(9-5-16)26(27,28)29/h2-9,20-21,33H,10-15H2,1H3. The van der Waals surface area contributed by atoms with Crippen molar-refractivity contribution in [2.45, 2.75) is 43.4 Å². The summed E-state index contributed by atoms with van der Waals surface area (Å²) in [6.45, 7) is 1.18. The second-order valence-corrected chi connectivity index (χ2v) is 9.85. The summed E-state index contributed by atoms with van der Waals surface area (Å²) in [4.78, 5) is 43.7. The molecule has 3 fully saturated rings. The molecule has 2 atom stereocenters. The average molecular weight is 518 g/mol. The number of amides is 2. The number of alkyl halides is 3. The molecule has 0 bridgehead atoms. The summed E-state index contributed by atoms with van der Waals surface area (Å²) in [7, 11) is 1.28. The summed E-state index contributed by atoms with van der Waals surface area (Å²) in [5, 5.41) is 10.3. The highest BCUT2D eigenvalue weighted by molar-refractivity contribution is 6.06. The second-order valence-electron chi connectivity index (χ2n) is 9.85. The van der Waals surface area contributed by atoms with Gasteiger partial charge in [0.25, 0.3) is 5.91 Å². The molecular weight excluding hydrogens is 491 g/mol. The van der Waals surface area contributed by atoms with Gasteiger partial charge in [-0.05, 0) is 41.8 Å². The van der Waals surface area contributed by atoms with Gasteiger partial charge in [-0.15, -0.1) is 0 Å². The maximum Gasteiger partial charge on any atom is 0.416 e. The van der Waals surface area contributed by atoms with E-state index in [0.29, 0.717) is 36.3 Å². The van der Waals surface area contributed by atoms with E-state index in [1.165, 1.54) is 24.1 Å². The van der Waals surface area contributed by atoms with Crippen molar-refractivity contribution in [3.63, 3.8) is 0 Å². The molecule has 2 aromatic rings. The number of carbonyl (C=O) groups is 3. The van der Waals surface area contributed by atoms with Crippen molar-refractivity contribution < 1.29 is 37.4 Å². The Kier molecular flexibility index (Phi) is 6.33. The fraction of sp³-hybridized carbons (Fsp3) is 0.423. The highest BCUT2D eigenvalue weighted by Gasteiger charge is 2.64. The molecule has 0 radical (unpaired) electrons. The normalized spacial score (nSPS) is 23.8. The number of β-amino-alcohol motifs (C(OH)–C–C–N with tert-alkyl or cyclic N) is 1. The van der Waals surface area contributed by atoms with Gasteiger partial charge in [0.15, 0.2) is 0 Å². The molecule has 3 aliphatic heterocycles. The number of hydrogen-bond donors (Lipinski definition) is 1. The Morgan fingerprint density at radius 2 is 1.62 bits per heavy atom. The summed E-state index contributed by atoms with van der Waals surface area (Å²) in [5.41, 5.74) is -0.0165. The van der Waals surface area contributed by atoms with Crippen LogP contribution in [0, 0.1) is 0 Å². The summed E-state index contributed by atoms with van der Waals surface area (Å²) >= 11 is 0. The lowest BCUT2D eigenvalue weighted by atomic mass is 9.82. The maximum absolute atomic E-state index is 13.7. The number of hydrogen-bond acceptors (Lipinski definition) is 7. The molecule has 1 spiro atoms. The highest BCUT2D eigenvalue weighted by atomic mass is 19.4.